The maximum absolute atomic E-state index is 11.7. The van der Waals surface area contributed by atoms with Crippen molar-refractivity contribution in [1.29, 1.82) is 0 Å². The fourth-order valence-electron chi connectivity index (χ4n) is 1.88. The number of ether oxygens (including phenoxy) is 1. The Balaban J connectivity index is 0.00000326. The van der Waals surface area contributed by atoms with Crippen molar-refractivity contribution in [2.75, 3.05) is 6.26 Å². The molecular weight excluding hydrogens is 375 g/mol. The molecule has 1 aromatic carbocycles. The van der Waals surface area contributed by atoms with Crippen molar-refractivity contribution >= 4 is 29.9 Å². The molecule has 9 nitrogen and oxygen atoms in total. The summed E-state index contributed by atoms with van der Waals surface area (Å²) < 4.78 is 30.0. The molecule has 4 N–H and O–H groups in total. The van der Waals surface area contributed by atoms with Crippen LogP contribution < -0.4 is 14.7 Å². The van der Waals surface area contributed by atoms with Crippen LogP contribution in [0.15, 0.2) is 18.2 Å². The van der Waals surface area contributed by atoms with Gasteiger partial charge in [-0.2, -0.15) is 0 Å². The number of rotatable bonds is 8. The smallest absolute Gasteiger partial charge is 0.347 e. The van der Waals surface area contributed by atoms with Crippen molar-refractivity contribution in [1.82, 2.24) is 9.95 Å². The second kappa shape index (κ2) is 10.2. The van der Waals surface area contributed by atoms with Crippen molar-refractivity contribution in [3.8, 4) is 11.5 Å². The molecule has 27 heavy (non-hydrogen) atoms. The van der Waals surface area contributed by atoms with Crippen molar-refractivity contribution in [2.45, 2.75) is 45.8 Å². The van der Waals surface area contributed by atoms with E-state index in [-0.39, 0.29) is 17.9 Å². The number of benzene rings is 1. The lowest BCUT2D eigenvalue weighted by molar-refractivity contribution is -0.152. The van der Waals surface area contributed by atoms with Crippen LogP contribution in [0.5, 0.6) is 11.5 Å². The number of phenolic OH excluding ortho intramolecular Hbond substituents is 1. The van der Waals surface area contributed by atoms with Crippen molar-refractivity contribution in [3.05, 3.63) is 23.8 Å². The van der Waals surface area contributed by atoms with E-state index in [1.54, 1.807) is 0 Å². The maximum Gasteiger partial charge on any atom is 0.347 e. The molecule has 1 aromatic rings. The Morgan fingerprint density at radius 2 is 1.85 bits per heavy atom. The number of aliphatic carboxylic acids is 1. The number of phenols is 1. The predicted octanol–water partition coefficient (Wildman–Crippen LogP) is 0.320. The van der Waals surface area contributed by atoms with Crippen molar-refractivity contribution in [2.24, 2.45) is 0 Å². The summed E-state index contributed by atoms with van der Waals surface area (Å²) in [5.41, 5.74) is -1.15. The number of carboxylic acid groups (broad SMARTS) is 1. The van der Waals surface area contributed by atoms with Gasteiger partial charge >= 0.3 is 5.97 Å². The Hall–Kier alpha value is -2.27. The maximum atomic E-state index is 11.7. The summed E-state index contributed by atoms with van der Waals surface area (Å²) >= 11 is 0. The van der Waals surface area contributed by atoms with E-state index in [0.717, 1.165) is 6.26 Å². The molecule has 0 aromatic heterocycles. The zero-order chi connectivity index (χ0) is 21.4. The van der Waals surface area contributed by atoms with Gasteiger partial charge < -0.3 is 20.2 Å². The Morgan fingerprint density at radius 3 is 2.26 bits per heavy atom. The third-order valence-corrected chi connectivity index (χ3v) is 3.87. The van der Waals surface area contributed by atoms with Crippen LogP contribution in [0.25, 0.3) is 0 Å². The molecule has 0 aliphatic rings. The van der Waals surface area contributed by atoms with Crippen molar-refractivity contribution in [3.63, 3.8) is 0 Å². The summed E-state index contributed by atoms with van der Waals surface area (Å²) in [6, 6.07) is 2.86. The Bertz CT molecular complexity index is 766. The molecule has 0 saturated carbocycles. The molecule has 0 spiro atoms. The van der Waals surface area contributed by atoms with Gasteiger partial charge in [-0.15, -0.1) is 0 Å². The number of hydrogen-bond donors (Lipinski definition) is 4. The molecule has 1 atom stereocenters. The second-order valence-electron chi connectivity index (χ2n) is 5.87. The molecule has 0 heterocycles. The highest BCUT2D eigenvalue weighted by Gasteiger charge is 2.30. The van der Waals surface area contributed by atoms with Crippen LogP contribution in [-0.2, 0) is 26.0 Å². The van der Waals surface area contributed by atoms with E-state index >= 15 is 0 Å². The summed E-state index contributed by atoms with van der Waals surface area (Å²) in [4.78, 5) is 22.8. The first-order chi connectivity index (χ1) is 12.4. The van der Waals surface area contributed by atoms with Crippen LogP contribution in [0, 0.1) is 0 Å². The molecule has 0 unspecified atom stereocenters. The quantitative estimate of drug-likeness (QED) is 0.461. The average molecular weight is 400 g/mol. The normalized spacial score (nSPS) is 12.3. The Morgan fingerprint density at radius 1 is 1.30 bits per heavy atom. The largest absolute Gasteiger partial charge is 0.504 e. The molecule has 0 aliphatic carbocycles. The van der Waals surface area contributed by atoms with E-state index < -0.39 is 33.5 Å². The first-order valence-electron chi connectivity index (χ1n) is 8.08. The van der Waals surface area contributed by atoms with Crippen LogP contribution >= 0.6 is 0 Å². The molecule has 2 radical (unpaired) electrons. The van der Waals surface area contributed by atoms with Crippen LogP contribution in [-0.4, -0.2) is 56.4 Å². The fraction of sp³-hybridized carbons (Fsp3) is 0.500. The van der Waals surface area contributed by atoms with Crippen LogP contribution in [0.2, 0.25) is 0 Å². The molecule has 0 saturated heterocycles. The van der Waals surface area contributed by atoms with Gasteiger partial charge in [0.2, 0.25) is 23.9 Å². The third-order valence-electron chi connectivity index (χ3n) is 3.16. The van der Waals surface area contributed by atoms with Crippen LogP contribution in [0.1, 0.15) is 33.3 Å². The lowest BCUT2D eigenvalue weighted by Gasteiger charge is -2.22. The molecule has 150 valence electrons. The Labute approximate surface area is 160 Å². The monoisotopic (exact) mass is 400 g/mol. The summed E-state index contributed by atoms with van der Waals surface area (Å²) in [5.74, 6) is -2.38. The predicted molar refractivity (Wildman–Crippen MR) is 101 cm³/mol. The number of nitrogens with one attached hydrogen (secondary N) is 2. The SMILES string of the molecule is CC.[B]NC(=O)[C@H](Cc1ccc(OC(C)(C)C(=O)O)c(O)c1)NS(C)(=O)=O. The van der Waals surface area contributed by atoms with Gasteiger partial charge in [-0.25, -0.2) is 17.9 Å². The number of carbonyl (C=O) groups excluding carboxylic acids is 1. The number of amides is 1. The minimum absolute atomic E-state index is 0.0629. The molecule has 11 heteroatoms. The summed E-state index contributed by atoms with van der Waals surface area (Å²) in [6.45, 7) is 6.64. The lowest BCUT2D eigenvalue weighted by atomic mass is 10.0. The lowest BCUT2D eigenvalue weighted by Crippen LogP contribution is -2.46. The van der Waals surface area contributed by atoms with Gasteiger partial charge in [0.25, 0.3) is 0 Å². The van der Waals surface area contributed by atoms with E-state index in [1.165, 1.54) is 32.0 Å². The van der Waals surface area contributed by atoms with E-state index in [4.69, 9.17) is 17.8 Å². The summed E-state index contributed by atoms with van der Waals surface area (Å²) in [7, 11) is 1.37. The van der Waals surface area contributed by atoms with Crippen LogP contribution in [0.4, 0.5) is 0 Å². The number of aromatic hydroxyl groups is 1. The molecule has 0 fully saturated rings. The minimum atomic E-state index is -3.67. The summed E-state index contributed by atoms with van der Waals surface area (Å²) in [6.07, 6.45) is 0.804. The van der Waals surface area contributed by atoms with Gasteiger partial charge in [0.15, 0.2) is 17.1 Å². The van der Waals surface area contributed by atoms with Gasteiger partial charge in [-0.1, -0.05) is 19.9 Å². The number of carboxylic acids is 1. The van der Waals surface area contributed by atoms with Crippen LogP contribution in [0.3, 0.4) is 0 Å². The summed E-state index contributed by atoms with van der Waals surface area (Å²) in [5, 5.41) is 20.9. The zero-order valence-corrected chi connectivity index (χ0v) is 16.8. The van der Waals surface area contributed by atoms with Gasteiger partial charge in [0, 0.05) is 0 Å². The highest BCUT2D eigenvalue weighted by molar-refractivity contribution is 7.88. The average Bonchev–Trinajstić information content (AvgIpc) is 2.56. The zero-order valence-electron chi connectivity index (χ0n) is 15.9. The number of sulfonamides is 1. The van der Waals surface area contributed by atoms with Crippen molar-refractivity contribution < 1.29 is 33.0 Å². The fourth-order valence-corrected chi connectivity index (χ4v) is 2.58. The first kappa shape index (κ1) is 24.7. The van der Waals surface area contributed by atoms with Gasteiger partial charge in [0.05, 0.1) is 6.26 Å². The molecular formula is C16H25BN2O7S. The second-order valence-corrected chi connectivity index (χ2v) is 7.65. The number of carbonyl (C=O) groups is 2. The molecule has 1 amide bonds. The number of hydrogen-bond acceptors (Lipinski definition) is 6. The topological polar surface area (TPSA) is 142 Å². The van der Waals surface area contributed by atoms with Gasteiger partial charge in [0.1, 0.15) is 6.04 Å². The van der Waals surface area contributed by atoms with E-state index in [9.17, 15) is 23.1 Å². The van der Waals surface area contributed by atoms with Gasteiger partial charge in [-0.05, 0) is 38.0 Å². The molecule has 1 rings (SSSR count). The molecule has 0 bridgehead atoms. The standard InChI is InChI=1S/C14H19BN2O7S.C2H6/c1-14(2,13(20)21)24-11-5-4-8(7-10(11)18)6-9(12(19)16-15)17-25(3,22)23;1-2/h4-5,7,9,17-18H,6H2,1-3H3,(H,16,19)(H,20,21);1-2H3/t9-;/m0./s1. The Kier molecular flexibility index (Phi) is 9.32. The third kappa shape index (κ3) is 8.31. The molecule has 0 aliphatic heterocycles. The van der Waals surface area contributed by atoms with E-state index in [2.05, 4.69) is 4.72 Å². The van der Waals surface area contributed by atoms with E-state index in [0.29, 0.717) is 5.56 Å². The van der Waals surface area contributed by atoms with Gasteiger partial charge in [-0.3, -0.25) is 4.79 Å². The minimum Gasteiger partial charge on any atom is -0.504 e. The first-order valence-corrected chi connectivity index (χ1v) is 9.97. The van der Waals surface area contributed by atoms with E-state index in [1.807, 2.05) is 19.1 Å². The highest BCUT2D eigenvalue weighted by atomic mass is 32.2. The highest BCUT2D eigenvalue weighted by Crippen LogP contribution is 2.30.